The van der Waals surface area contributed by atoms with Crippen LogP contribution in [0.4, 0.5) is 0 Å². The summed E-state index contributed by atoms with van der Waals surface area (Å²) in [5.41, 5.74) is 6.38. The largest absolute Gasteiger partial charge is 0.257 e. The minimum Gasteiger partial charge on any atom is -0.257 e. The van der Waals surface area contributed by atoms with E-state index in [2.05, 4.69) is 54.6 Å². The second-order valence-corrected chi connectivity index (χ2v) is 6.60. The van der Waals surface area contributed by atoms with E-state index in [1.165, 1.54) is 0 Å². The fourth-order valence-corrected chi connectivity index (χ4v) is 2.74. The Morgan fingerprint density at radius 3 is 0.920 bits per heavy atom. The maximum atomic E-state index is 8.59. The molecule has 0 saturated heterocycles. The summed E-state index contributed by atoms with van der Waals surface area (Å²) in [6.07, 6.45) is 2.34. The summed E-state index contributed by atoms with van der Waals surface area (Å²) in [4.78, 5) is 14.2. The van der Waals surface area contributed by atoms with Gasteiger partial charge in [0.2, 0.25) is 0 Å². The molecule has 3 aromatic rings. The van der Waals surface area contributed by atoms with E-state index < -0.39 is 17.2 Å². The van der Waals surface area contributed by atoms with Gasteiger partial charge in [0.25, 0.3) is 0 Å². The maximum Gasteiger partial charge on any atom is 0.0466 e. The normalized spacial score (nSPS) is 12.0. The van der Waals surface area contributed by atoms with Crippen molar-refractivity contribution in [3.05, 3.63) is 88.8 Å². The minimum atomic E-state index is -4.11. The molecule has 0 radical (unpaired) electrons. The molecule has 6 nitrogen and oxygen atoms in total. The Kier molecular flexibility index (Phi) is 5.61. The van der Waals surface area contributed by atoms with Gasteiger partial charge in [-0.15, -0.1) is 0 Å². The zero-order chi connectivity index (χ0) is 17.6. The molecule has 7 heteroatoms. The zero-order valence-corrected chi connectivity index (χ0v) is 15.3. The SMILES string of the molecule is [O]=[Mo](=[O])=[O].c1cc2nc(c1)Cc1cccc(n1)Cc1cccc(n1)C2. The number of hydrogen-bond donors (Lipinski definition) is 0. The van der Waals surface area contributed by atoms with Crippen LogP contribution in [-0.4, -0.2) is 15.0 Å². The van der Waals surface area contributed by atoms with Gasteiger partial charge in [0.1, 0.15) is 0 Å². The van der Waals surface area contributed by atoms with E-state index in [0.717, 1.165) is 53.4 Å². The van der Waals surface area contributed by atoms with Gasteiger partial charge in [0.15, 0.2) is 0 Å². The summed E-state index contributed by atoms with van der Waals surface area (Å²) in [6.45, 7) is 0. The third kappa shape index (κ3) is 5.26. The Bertz CT molecular complexity index is 838. The van der Waals surface area contributed by atoms with Gasteiger partial charge in [0, 0.05) is 53.4 Å². The minimum absolute atomic E-state index is 0.781. The molecule has 0 amide bonds. The summed E-state index contributed by atoms with van der Waals surface area (Å²) in [5.74, 6) is 0. The molecule has 6 bridgehead atoms. The van der Waals surface area contributed by atoms with Crippen molar-refractivity contribution in [1.82, 2.24) is 15.0 Å². The molecule has 3 aromatic heterocycles. The third-order valence-electron chi connectivity index (χ3n) is 3.68. The van der Waals surface area contributed by atoms with Crippen LogP contribution >= 0.6 is 0 Å². The molecule has 0 spiro atoms. The van der Waals surface area contributed by atoms with E-state index in [-0.39, 0.29) is 0 Å². The molecule has 0 atom stereocenters. The summed E-state index contributed by atoms with van der Waals surface area (Å²) >= 11 is -4.11. The van der Waals surface area contributed by atoms with Gasteiger partial charge in [-0.25, -0.2) is 0 Å². The number of aromatic nitrogens is 3. The Morgan fingerprint density at radius 2 is 0.720 bits per heavy atom. The van der Waals surface area contributed by atoms with E-state index in [1.807, 2.05) is 0 Å². The molecule has 126 valence electrons. The van der Waals surface area contributed by atoms with Crippen LogP contribution in [0.5, 0.6) is 0 Å². The van der Waals surface area contributed by atoms with Crippen LogP contribution in [-0.2, 0) is 46.7 Å². The second kappa shape index (κ2) is 8.08. The molecule has 1 aliphatic rings. The number of pyridine rings is 3. The second-order valence-electron chi connectivity index (χ2n) is 5.60. The van der Waals surface area contributed by atoms with Crippen molar-refractivity contribution >= 4 is 0 Å². The number of rotatable bonds is 0. The molecule has 0 saturated carbocycles. The van der Waals surface area contributed by atoms with Crippen LogP contribution in [0.2, 0.25) is 0 Å². The molecule has 0 aliphatic carbocycles. The van der Waals surface area contributed by atoms with E-state index >= 15 is 0 Å². The molecular formula is C18H15MoN3O3. The van der Waals surface area contributed by atoms with Crippen molar-refractivity contribution < 1.29 is 27.4 Å². The summed E-state index contributed by atoms with van der Waals surface area (Å²) in [6, 6.07) is 18.6. The van der Waals surface area contributed by atoms with Gasteiger partial charge in [0.05, 0.1) is 0 Å². The molecular weight excluding hydrogens is 402 g/mol. The molecule has 4 heterocycles. The molecule has 0 fully saturated rings. The first-order valence-corrected chi connectivity index (χ1v) is 10.2. The fraction of sp³-hybridized carbons (Fsp3) is 0.167. The summed E-state index contributed by atoms with van der Waals surface area (Å²) < 4.78 is 25.8. The number of hydrogen-bond acceptors (Lipinski definition) is 6. The summed E-state index contributed by atoms with van der Waals surface area (Å²) in [7, 11) is 0. The van der Waals surface area contributed by atoms with E-state index in [9.17, 15) is 0 Å². The van der Waals surface area contributed by atoms with Crippen LogP contribution in [0.3, 0.4) is 0 Å². The standard InChI is InChI=1S/C18H15N3.Mo.3O/c1-4-13-10-15-6-2-8-17(20-15)12-18-9-3-7-16(21-18)11-14(5-1)19-13;;;;/h1-9H,10-12H2;;;;. The average Bonchev–Trinajstić information content (AvgIpc) is 2.54. The summed E-state index contributed by atoms with van der Waals surface area (Å²) in [5, 5.41) is 0. The Morgan fingerprint density at radius 1 is 0.520 bits per heavy atom. The third-order valence-corrected chi connectivity index (χ3v) is 3.68. The molecule has 0 aromatic carbocycles. The first-order chi connectivity index (χ1) is 12.1. The smallest absolute Gasteiger partial charge is 0.0466 e. The van der Waals surface area contributed by atoms with Gasteiger partial charge in [-0.2, -0.15) is 0 Å². The molecule has 1 aliphatic heterocycles. The quantitative estimate of drug-likeness (QED) is 0.409. The van der Waals surface area contributed by atoms with Crippen molar-refractivity contribution in [1.29, 1.82) is 0 Å². The molecule has 0 N–H and O–H groups in total. The van der Waals surface area contributed by atoms with Crippen LogP contribution in [0.25, 0.3) is 0 Å². The first kappa shape index (κ1) is 17.4. The van der Waals surface area contributed by atoms with Crippen molar-refractivity contribution in [2.24, 2.45) is 0 Å². The Hall–Kier alpha value is -2.46. The molecule has 4 rings (SSSR count). The van der Waals surface area contributed by atoms with Crippen LogP contribution < -0.4 is 0 Å². The van der Waals surface area contributed by atoms with E-state index in [0.29, 0.717) is 0 Å². The van der Waals surface area contributed by atoms with E-state index in [4.69, 9.17) is 25.1 Å². The van der Waals surface area contributed by atoms with Gasteiger partial charge >= 0.3 is 27.4 Å². The topological polar surface area (TPSA) is 89.9 Å². The van der Waals surface area contributed by atoms with Crippen LogP contribution in [0.1, 0.15) is 34.2 Å². The monoisotopic (exact) mass is 419 g/mol. The Labute approximate surface area is 150 Å². The van der Waals surface area contributed by atoms with Gasteiger partial charge < -0.3 is 0 Å². The fourth-order valence-electron chi connectivity index (χ4n) is 2.74. The van der Waals surface area contributed by atoms with Crippen molar-refractivity contribution in [3.63, 3.8) is 0 Å². The molecule has 25 heavy (non-hydrogen) atoms. The number of nitrogens with zero attached hydrogens (tertiary/aromatic N) is 3. The average molecular weight is 417 g/mol. The number of fused-ring (bicyclic) bond motifs is 6. The van der Waals surface area contributed by atoms with Gasteiger partial charge in [-0.3, -0.25) is 15.0 Å². The van der Waals surface area contributed by atoms with E-state index in [1.54, 1.807) is 0 Å². The predicted molar refractivity (Wildman–Crippen MR) is 83.2 cm³/mol. The van der Waals surface area contributed by atoms with Crippen molar-refractivity contribution in [2.45, 2.75) is 19.3 Å². The zero-order valence-electron chi connectivity index (χ0n) is 13.3. The first-order valence-electron chi connectivity index (χ1n) is 7.70. The van der Waals surface area contributed by atoms with Crippen molar-refractivity contribution in [3.8, 4) is 0 Å². The van der Waals surface area contributed by atoms with Crippen LogP contribution in [0, 0.1) is 0 Å². The predicted octanol–water partition coefficient (Wildman–Crippen LogP) is 2.60. The molecule has 0 unspecified atom stereocenters. The van der Waals surface area contributed by atoms with Crippen LogP contribution in [0.15, 0.2) is 54.6 Å². The van der Waals surface area contributed by atoms with Crippen molar-refractivity contribution in [2.75, 3.05) is 0 Å². The Balaban J connectivity index is 0.000000415. The van der Waals surface area contributed by atoms with Gasteiger partial charge in [-0.1, -0.05) is 18.2 Å². The maximum absolute atomic E-state index is 8.59. The van der Waals surface area contributed by atoms with Gasteiger partial charge in [-0.05, 0) is 36.4 Å².